The number of aryl methyl sites for hydroxylation is 1. The zero-order valence-corrected chi connectivity index (χ0v) is 15.9. The SMILES string of the molecule is [B]PPO[C@@H]1CC[C@H](CC(=O)O)[C@H]1/C=C/CCCc1ccccc1. The fourth-order valence-corrected chi connectivity index (χ4v) is 4.53. The summed E-state index contributed by atoms with van der Waals surface area (Å²) in [5.41, 5.74) is 1.36. The first-order chi connectivity index (χ1) is 11.7. The van der Waals surface area contributed by atoms with E-state index < -0.39 is 5.97 Å². The molecule has 1 aliphatic carbocycles. The van der Waals surface area contributed by atoms with E-state index in [0.29, 0.717) is 16.6 Å². The molecule has 128 valence electrons. The van der Waals surface area contributed by atoms with E-state index in [9.17, 15) is 4.79 Å². The van der Waals surface area contributed by atoms with Gasteiger partial charge in [-0.05, 0) is 43.6 Å². The molecule has 2 unspecified atom stereocenters. The van der Waals surface area contributed by atoms with Crippen molar-refractivity contribution in [2.75, 3.05) is 0 Å². The van der Waals surface area contributed by atoms with Gasteiger partial charge < -0.3 is 9.63 Å². The molecule has 3 nitrogen and oxygen atoms in total. The van der Waals surface area contributed by atoms with E-state index in [1.165, 1.54) is 5.56 Å². The summed E-state index contributed by atoms with van der Waals surface area (Å²) in [4.78, 5) is 11.1. The molecule has 1 N–H and O–H groups in total. The Bertz CT molecular complexity index is 524. The predicted octanol–water partition coefficient (Wildman–Crippen LogP) is 4.72. The molecule has 6 heteroatoms. The van der Waals surface area contributed by atoms with E-state index in [2.05, 4.69) is 36.4 Å². The molecular weight excluding hydrogens is 337 g/mol. The highest BCUT2D eigenvalue weighted by Gasteiger charge is 2.36. The minimum absolute atomic E-state index is 0.133. The van der Waals surface area contributed by atoms with Crippen LogP contribution in [0.2, 0.25) is 0 Å². The molecule has 24 heavy (non-hydrogen) atoms. The summed E-state index contributed by atoms with van der Waals surface area (Å²) in [6.07, 6.45) is 9.82. The summed E-state index contributed by atoms with van der Waals surface area (Å²) in [5.74, 6) is -0.322. The molecule has 5 atom stereocenters. The van der Waals surface area contributed by atoms with Crippen LogP contribution in [0.3, 0.4) is 0 Å². The van der Waals surface area contributed by atoms with Gasteiger partial charge in [-0.25, -0.2) is 0 Å². The molecule has 1 fully saturated rings. The van der Waals surface area contributed by atoms with E-state index in [1.54, 1.807) is 0 Å². The van der Waals surface area contributed by atoms with E-state index in [0.717, 1.165) is 32.1 Å². The van der Waals surface area contributed by atoms with Crippen LogP contribution in [0.25, 0.3) is 0 Å². The molecule has 2 rings (SSSR count). The summed E-state index contributed by atoms with van der Waals surface area (Å²) < 4.78 is 5.87. The minimum Gasteiger partial charge on any atom is -0.481 e. The summed E-state index contributed by atoms with van der Waals surface area (Å²) in [6, 6.07) is 10.5. The molecule has 1 saturated carbocycles. The van der Waals surface area contributed by atoms with Gasteiger partial charge in [0.05, 0.1) is 6.10 Å². The fraction of sp³-hybridized carbons (Fsp3) is 0.500. The van der Waals surface area contributed by atoms with Gasteiger partial charge in [-0.2, -0.15) is 0 Å². The third-order valence-electron chi connectivity index (χ3n) is 4.54. The maximum absolute atomic E-state index is 11.1. The fourth-order valence-electron chi connectivity index (χ4n) is 3.38. The first kappa shape index (κ1) is 19.6. The number of benzene rings is 1. The zero-order valence-electron chi connectivity index (χ0n) is 13.9. The largest absolute Gasteiger partial charge is 0.481 e. The number of allylic oxidation sites excluding steroid dienone is 1. The van der Waals surface area contributed by atoms with Crippen molar-refractivity contribution in [3.05, 3.63) is 48.0 Å². The van der Waals surface area contributed by atoms with Gasteiger partial charge in [-0.15, -0.1) is 8.15 Å². The molecule has 1 aromatic carbocycles. The second-order valence-electron chi connectivity index (χ2n) is 6.22. The molecule has 0 aliphatic heterocycles. The molecule has 1 aromatic rings. The topological polar surface area (TPSA) is 46.5 Å². The lowest BCUT2D eigenvalue weighted by Gasteiger charge is -2.21. The first-order valence-electron chi connectivity index (χ1n) is 8.49. The molecule has 0 aromatic heterocycles. The minimum atomic E-state index is -0.716. The number of aliphatic carboxylic acids is 1. The van der Waals surface area contributed by atoms with Crippen LogP contribution in [-0.2, 0) is 15.7 Å². The van der Waals surface area contributed by atoms with Gasteiger partial charge in [0.2, 0.25) is 0 Å². The van der Waals surface area contributed by atoms with Gasteiger partial charge in [0.25, 0.3) is 0 Å². The van der Waals surface area contributed by atoms with Crippen molar-refractivity contribution < 1.29 is 14.4 Å². The van der Waals surface area contributed by atoms with Gasteiger partial charge in [0.1, 0.15) is 7.57 Å². The van der Waals surface area contributed by atoms with Crippen LogP contribution in [-0.4, -0.2) is 24.7 Å². The molecular formula is C18H25BO3P2. The van der Waals surface area contributed by atoms with Crippen molar-refractivity contribution in [1.82, 2.24) is 0 Å². The number of carboxylic acids is 1. The maximum Gasteiger partial charge on any atom is 0.303 e. The summed E-state index contributed by atoms with van der Waals surface area (Å²) in [6.45, 7) is 0. The Hall–Kier alpha value is -0.685. The lowest BCUT2D eigenvalue weighted by Crippen LogP contribution is -2.20. The van der Waals surface area contributed by atoms with Crippen molar-refractivity contribution in [2.45, 2.75) is 44.6 Å². The second-order valence-corrected chi connectivity index (χ2v) is 8.43. The van der Waals surface area contributed by atoms with Gasteiger partial charge in [0.15, 0.2) is 0 Å². The molecule has 1 aliphatic rings. The van der Waals surface area contributed by atoms with Crippen molar-refractivity contribution in [2.24, 2.45) is 11.8 Å². The Morgan fingerprint density at radius 1 is 1.33 bits per heavy atom. The Morgan fingerprint density at radius 2 is 2.12 bits per heavy atom. The van der Waals surface area contributed by atoms with Crippen LogP contribution in [0.1, 0.15) is 37.7 Å². The smallest absolute Gasteiger partial charge is 0.303 e. The monoisotopic (exact) mass is 362 g/mol. The average Bonchev–Trinajstić information content (AvgIpc) is 2.95. The highest BCUT2D eigenvalue weighted by Crippen LogP contribution is 2.44. The normalized spacial score (nSPS) is 24.8. The summed E-state index contributed by atoms with van der Waals surface area (Å²) in [7, 11) is 6.21. The zero-order chi connectivity index (χ0) is 17.2. The van der Waals surface area contributed by atoms with E-state index in [-0.39, 0.29) is 24.4 Å². The van der Waals surface area contributed by atoms with Crippen molar-refractivity contribution in [3.8, 4) is 0 Å². The van der Waals surface area contributed by atoms with Crippen molar-refractivity contribution in [1.29, 1.82) is 0 Å². The number of unbranched alkanes of at least 4 members (excludes halogenated alkanes) is 1. The molecule has 0 bridgehead atoms. The predicted molar refractivity (Wildman–Crippen MR) is 104 cm³/mol. The van der Waals surface area contributed by atoms with Crippen LogP contribution in [0.15, 0.2) is 42.5 Å². The van der Waals surface area contributed by atoms with E-state index in [1.807, 2.05) is 6.07 Å². The standard InChI is InChI=1S/C18H25BO3P2/c19-23-24-22-17-12-11-15(13-18(20)21)16(17)10-6-2-5-9-14-7-3-1-4-8-14/h1,3-4,6-8,10,15-17,23-24H,2,5,9,11-13H2,(H,20,21)/b10-6+/t15-,16-,17-/m1/s1. The van der Waals surface area contributed by atoms with E-state index >= 15 is 0 Å². The quantitative estimate of drug-likeness (QED) is 0.284. The van der Waals surface area contributed by atoms with Crippen LogP contribution < -0.4 is 0 Å². The second kappa shape index (κ2) is 11.0. The first-order valence-corrected chi connectivity index (χ1v) is 11.5. The van der Waals surface area contributed by atoms with Crippen LogP contribution in [0.5, 0.6) is 0 Å². The number of carboxylic acid groups (broad SMARTS) is 1. The molecule has 0 heterocycles. The van der Waals surface area contributed by atoms with Crippen molar-refractivity contribution in [3.63, 3.8) is 0 Å². The Balaban J connectivity index is 1.83. The Labute approximate surface area is 149 Å². The van der Waals surface area contributed by atoms with Gasteiger partial charge in [0, 0.05) is 20.8 Å². The highest BCUT2D eigenvalue weighted by molar-refractivity contribution is 8.21. The third kappa shape index (κ3) is 6.67. The summed E-state index contributed by atoms with van der Waals surface area (Å²) in [5, 5.41) is 9.11. The lowest BCUT2D eigenvalue weighted by atomic mass is 9.91. The Morgan fingerprint density at radius 3 is 2.83 bits per heavy atom. The van der Waals surface area contributed by atoms with Crippen LogP contribution >= 0.6 is 16.6 Å². The van der Waals surface area contributed by atoms with Gasteiger partial charge >= 0.3 is 5.97 Å². The molecule has 0 saturated heterocycles. The highest BCUT2D eigenvalue weighted by atomic mass is 32.0. The maximum atomic E-state index is 11.1. The average molecular weight is 362 g/mol. The molecule has 0 amide bonds. The lowest BCUT2D eigenvalue weighted by molar-refractivity contribution is -0.138. The Kier molecular flexibility index (Phi) is 9.03. The van der Waals surface area contributed by atoms with Gasteiger partial charge in [-0.1, -0.05) is 42.5 Å². The van der Waals surface area contributed by atoms with Crippen LogP contribution in [0, 0.1) is 11.8 Å². The number of carbonyl (C=O) groups is 1. The van der Waals surface area contributed by atoms with Crippen molar-refractivity contribution >= 4 is 30.2 Å². The number of hydrogen-bond donors (Lipinski definition) is 1. The van der Waals surface area contributed by atoms with E-state index in [4.69, 9.17) is 17.2 Å². The third-order valence-corrected chi connectivity index (χ3v) is 5.78. The number of rotatable bonds is 10. The summed E-state index contributed by atoms with van der Waals surface area (Å²) >= 11 is 0. The number of hydrogen-bond acceptors (Lipinski definition) is 2. The van der Waals surface area contributed by atoms with Gasteiger partial charge in [-0.3, -0.25) is 4.79 Å². The molecule has 2 radical (unpaired) electrons. The molecule has 0 spiro atoms. The van der Waals surface area contributed by atoms with Crippen LogP contribution in [0.4, 0.5) is 0 Å².